The van der Waals surface area contributed by atoms with Gasteiger partial charge in [0.1, 0.15) is 5.82 Å². The van der Waals surface area contributed by atoms with Crippen molar-refractivity contribution in [2.24, 2.45) is 0 Å². The summed E-state index contributed by atoms with van der Waals surface area (Å²) >= 11 is 3.24. The Morgan fingerprint density at radius 1 is 1.39 bits per heavy atom. The summed E-state index contributed by atoms with van der Waals surface area (Å²) in [6.07, 6.45) is 3.42. The number of carbonyl (C=O) groups excluding carboxylic acids is 1. The number of amides is 1. The predicted molar refractivity (Wildman–Crippen MR) is 72.1 cm³/mol. The largest absolute Gasteiger partial charge is 0.352 e. The maximum atomic E-state index is 13.0. The first kappa shape index (κ1) is 13.5. The fourth-order valence-corrected chi connectivity index (χ4v) is 2.08. The molecular weight excluding hydrogens is 299 g/mol. The Hall–Kier alpha value is -0.940. The van der Waals surface area contributed by atoms with Gasteiger partial charge in [0, 0.05) is 17.1 Å². The molecule has 0 bridgehead atoms. The molecular formula is C13H16BrFN2O. The summed E-state index contributed by atoms with van der Waals surface area (Å²) in [4.78, 5) is 11.8. The van der Waals surface area contributed by atoms with Crippen LogP contribution < -0.4 is 10.6 Å². The van der Waals surface area contributed by atoms with Gasteiger partial charge in [0.2, 0.25) is 0 Å². The van der Waals surface area contributed by atoms with Crippen molar-refractivity contribution in [3.8, 4) is 0 Å². The number of carbonyl (C=O) groups is 1. The predicted octanol–water partition coefficient (Wildman–Crippen LogP) is 2.46. The highest BCUT2D eigenvalue weighted by Gasteiger charge is 2.19. The molecule has 0 aromatic heterocycles. The first-order chi connectivity index (χ1) is 8.66. The zero-order valence-corrected chi connectivity index (χ0v) is 11.6. The van der Waals surface area contributed by atoms with Gasteiger partial charge in [0.15, 0.2) is 0 Å². The molecule has 0 aliphatic heterocycles. The average Bonchev–Trinajstić information content (AvgIpc) is 3.15. The fraction of sp³-hybridized carbons (Fsp3) is 0.462. The Morgan fingerprint density at radius 2 is 2.17 bits per heavy atom. The van der Waals surface area contributed by atoms with E-state index in [4.69, 9.17) is 0 Å². The summed E-state index contributed by atoms with van der Waals surface area (Å²) in [6, 6.07) is 4.79. The molecule has 1 fully saturated rings. The van der Waals surface area contributed by atoms with Gasteiger partial charge in [-0.15, -0.1) is 0 Å². The smallest absolute Gasteiger partial charge is 0.252 e. The minimum atomic E-state index is -0.404. The zero-order valence-electron chi connectivity index (χ0n) is 10.0. The van der Waals surface area contributed by atoms with E-state index in [1.54, 1.807) is 6.07 Å². The molecule has 18 heavy (non-hydrogen) atoms. The molecule has 0 spiro atoms. The first-order valence-electron chi connectivity index (χ1n) is 6.13. The molecule has 2 rings (SSSR count). The van der Waals surface area contributed by atoms with Gasteiger partial charge in [0.05, 0.1) is 5.56 Å². The van der Waals surface area contributed by atoms with Gasteiger partial charge < -0.3 is 10.6 Å². The highest BCUT2D eigenvalue weighted by atomic mass is 79.9. The van der Waals surface area contributed by atoms with Crippen molar-refractivity contribution >= 4 is 21.8 Å². The molecule has 1 aromatic carbocycles. The van der Waals surface area contributed by atoms with Crippen molar-refractivity contribution in [2.45, 2.75) is 25.3 Å². The third-order valence-corrected chi connectivity index (χ3v) is 3.51. The van der Waals surface area contributed by atoms with Crippen molar-refractivity contribution in [1.82, 2.24) is 10.6 Å². The van der Waals surface area contributed by atoms with Crippen LogP contribution in [0.2, 0.25) is 0 Å². The number of benzene rings is 1. The van der Waals surface area contributed by atoms with E-state index in [9.17, 15) is 9.18 Å². The maximum Gasteiger partial charge on any atom is 0.252 e. The van der Waals surface area contributed by atoms with Crippen molar-refractivity contribution in [3.63, 3.8) is 0 Å². The van der Waals surface area contributed by atoms with Crippen LogP contribution in [-0.2, 0) is 0 Å². The van der Waals surface area contributed by atoms with Crippen molar-refractivity contribution in [1.29, 1.82) is 0 Å². The summed E-state index contributed by atoms with van der Waals surface area (Å²) in [5.41, 5.74) is 0.338. The molecule has 0 radical (unpaired) electrons. The molecule has 0 saturated heterocycles. The summed E-state index contributed by atoms with van der Waals surface area (Å²) in [7, 11) is 0. The van der Waals surface area contributed by atoms with E-state index in [1.165, 1.54) is 25.0 Å². The van der Waals surface area contributed by atoms with E-state index in [2.05, 4.69) is 26.6 Å². The van der Waals surface area contributed by atoms with Gasteiger partial charge in [-0.3, -0.25) is 4.79 Å². The second-order valence-corrected chi connectivity index (χ2v) is 5.32. The Bertz CT molecular complexity index is 435. The van der Waals surface area contributed by atoms with Crippen molar-refractivity contribution in [2.75, 3.05) is 13.1 Å². The normalized spacial score (nSPS) is 14.6. The minimum Gasteiger partial charge on any atom is -0.352 e. The molecule has 1 aliphatic carbocycles. The van der Waals surface area contributed by atoms with Crippen LogP contribution in [0.25, 0.3) is 0 Å². The molecule has 1 saturated carbocycles. The standard InChI is InChI=1S/C13H16BrFN2O/c14-12-5-2-9(15)8-11(12)13(18)17-7-1-6-16-10-3-4-10/h2,5,8,10,16H,1,3-4,6-7H2,(H,17,18). The van der Waals surface area contributed by atoms with Gasteiger partial charge in [-0.2, -0.15) is 0 Å². The number of nitrogens with one attached hydrogen (secondary N) is 2. The molecule has 1 aromatic rings. The number of halogens is 2. The van der Waals surface area contributed by atoms with Crippen molar-refractivity contribution in [3.05, 3.63) is 34.1 Å². The lowest BCUT2D eigenvalue weighted by Gasteiger charge is -2.07. The quantitative estimate of drug-likeness (QED) is 0.792. The van der Waals surface area contributed by atoms with E-state index < -0.39 is 5.82 Å². The summed E-state index contributed by atoms with van der Waals surface area (Å²) in [6.45, 7) is 1.51. The van der Waals surface area contributed by atoms with Crippen LogP contribution in [0, 0.1) is 5.82 Å². The van der Waals surface area contributed by atoms with Gasteiger partial charge in [-0.1, -0.05) is 0 Å². The molecule has 0 unspecified atom stereocenters. The van der Waals surface area contributed by atoms with Gasteiger partial charge in [-0.05, 0) is 59.9 Å². The minimum absolute atomic E-state index is 0.243. The molecule has 3 nitrogen and oxygen atoms in total. The second-order valence-electron chi connectivity index (χ2n) is 4.46. The summed E-state index contributed by atoms with van der Waals surface area (Å²) in [5.74, 6) is -0.647. The average molecular weight is 315 g/mol. The Balaban J connectivity index is 1.74. The zero-order chi connectivity index (χ0) is 13.0. The van der Waals surface area contributed by atoms with E-state index in [0.29, 0.717) is 22.6 Å². The van der Waals surface area contributed by atoms with Crippen molar-refractivity contribution < 1.29 is 9.18 Å². The highest BCUT2D eigenvalue weighted by molar-refractivity contribution is 9.10. The molecule has 0 heterocycles. The third-order valence-electron chi connectivity index (χ3n) is 2.82. The molecule has 98 valence electrons. The second kappa shape index (κ2) is 6.29. The van der Waals surface area contributed by atoms with Crippen LogP contribution in [0.15, 0.2) is 22.7 Å². The molecule has 1 aliphatic rings. The lowest BCUT2D eigenvalue weighted by Crippen LogP contribution is -2.28. The maximum absolute atomic E-state index is 13.0. The van der Waals surface area contributed by atoms with Crippen LogP contribution in [0.3, 0.4) is 0 Å². The third kappa shape index (κ3) is 4.07. The lowest BCUT2D eigenvalue weighted by molar-refractivity contribution is 0.0952. The molecule has 1 amide bonds. The lowest BCUT2D eigenvalue weighted by atomic mass is 10.2. The van der Waals surface area contributed by atoms with Crippen LogP contribution in [0.4, 0.5) is 4.39 Å². The Morgan fingerprint density at radius 3 is 2.89 bits per heavy atom. The SMILES string of the molecule is O=C(NCCCNC1CC1)c1cc(F)ccc1Br. The van der Waals surface area contributed by atoms with Crippen LogP contribution in [-0.4, -0.2) is 25.0 Å². The van der Waals surface area contributed by atoms with E-state index in [-0.39, 0.29) is 5.91 Å². The monoisotopic (exact) mass is 314 g/mol. The van der Waals surface area contributed by atoms with Crippen LogP contribution >= 0.6 is 15.9 Å². The summed E-state index contributed by atoms with van der Waals surface area (Å²) in [5, 5.41) is 6.16. The van der Waals surface area contributed by atoms with E-state index in [0.717, 1.165) is 13.0 Å². The number of hydrogen-bond donors (Lipinski definition) is 2. The fourth-order valence-electron chi connectivity index (χ4n) is 1.65. The first-order valence-corrected chi connectivity index (χ1v) is 6.93. The van der Waals surface area contributed by atoms with Crippen LogP contribution in [0.1, 0.15) is 29.6 Å². The number of hydrogen-bond acceptors (Lipinski definition) is 2. The topological polar surface area (TPSA) is 41.1 Å². The summed E-state index contributed by atoms with van der Waals surface area (Å²) < 4.78 is 13.6. The van der Waals surface area contributed by atoms with Gasteiger partial charge in [-0.25, -0.2) is 4.39 Å². The Labute approximate surface area is 114 Å². The molecule has 2 N–H and O–H groups in total. The van der Waals surface area contributed by atoms with Crippen LogP contribution in [0.5, 0.6) is 0 Å². The molecule has 5 heteroatoms. The Kier molecular flexibility index (Phi) is 4.72. The highest BCUT2D eigenvalue weighted by Crippen LogP contribution is 2.18. The van der Waals surface area contributed by atoms with Gasteiger partial charge >= 0.3 is 0 Å². The van der Waals surface area contributed by atoms with Gasteiger partial charge in [0.25, 0.3) is 5.91 Å². The van der Waals surface area contributed by atoms with E-state index in [1.807, 2.05) is 0 Å². The number of rotatable bonds is 6. The van der Waals surface area contributed by atoms with E-state index >= 15 is 0 Å². The molecule has 0 atom stereocenters.